The molecule has 3 nitrogen and oxygen atoms in total. The number of carbonyl (C=O) groups is 1. The Morgan fingerprint density at radius 2 is 1.80 bits per heavy atom. The van der Waals surface area contributed by atoms with Crippen LogP contribution in [0.1, 0.15) is 46.5 Å². The van der Waals surface area contributed by atoms with Gasteiger partial charge in [0.1, 0.15) is 12.1 Å². The van der Waals surface area contributed by atoms with E-state index in [4.69, 9.17) is 10.5 Å². The van der Waals surface area contributed by atoms with E-state index in [0.29, 0.717) is 0 Å². The highest BCUT2D eigenvalue weighted by Crippen LogP contribution is 2.25. The van der Waals surface area contributed by atoms with Crippen molar-refractivity contribution in [3.8, 4) is 0 Å². The summed E-state index contributed by atoms with van der Waals surface area (Å²) in [6, 6.07) is -0.468. The highest BCUT2D eigenvalue weighted by molar-refractivity contribution is 5.75. The van der Waals surface area contributed by atoms with Crippen LogP contribution in [0.25, 0.3) is 0 Å². The van der Waals surface area contributed by atoms with Crippen molar-refractivity contribution in [2.45, 2.75) is 58.6 Å². The second kappa shape index (κ2) is 5.50. The van der Waals surface area contributed by atoms with Gasteiger partial charge in [0.05, 0.1) is 0 Å². The smallest absolute Gasteiger partial charge is 0.323 e. The number of carbonyl (C=O) groups excluding carboxylic acids is 1. The molecule has 1 rings (SSSR count). The summed E-state index contributed by atoms with van der Waals surface area (Å²) in [7, 11) is 0. The van der Waals surface area contributed by atoms with Gasteiger partial charge in [-0.2, -0.15) is 0 Å². The van der Waals surface area contributed by atoms with E-state index in [9.17, 15) is 4.79 Å². The van der Waals surface area contributed by atoms with Crippen molar-refractivity contribution in [1.82, 2.24) is 0 Å². The summed E-state index contributed by atoms with van der Waals surface area (Å²) < 4.78 is 5.40. The molecule has 0 spiro atoms. The molecule has 1 aliphatic carbocycles. The van der Waals surface area contributed by atoms with Gasteiger partial charge in [-0.15, -0.1) is 0 Å². The van der Waals surface area contributed by atoms with E-state index in [-0.39, 0.29) is 18.0 Å². The molecule has 0 radical (unpaired) electrons. The number of rotatable bonds is 3. The SMILES string of the molecule is CC1CCC(OC(=O)[C@H](N)C(C)C)CC1. The number of nitrogens with two attached hydrogens (primary N) is 1. The van der Waals surface area contributed by atoms with E-state index in [0.717, 1.165) is 31.6 Å². The maximum absolute atomic E-state index is 11.6. The first-order valence-corrected chi connectivity index (χ1v) is 5.96. The standard InChI is InChI=1S/C12H23NO2/c1-8(2)11(13)12(14)15-10-6-4-9(3)5-7-10/h8-11H,4-7,13H2,1-3H3/t9?,10?,11-/m1/s1. The van der Waals surface area contributed by atoms with Crippen LogP contribution >= 0.6 is 0 Å². The zero-order valence-electron chi connectivity index (χ0n) is 10.0. The van der Waals surface area contributed by atoms with Crippen LogP contribution in [0.15, 0.2) is 0 Å². The molecular weight excluding hydrogens is 190 g/mol. The van der Waals surface area contributed by atoms with E-state index >= 15 is 0 Å². The highest BCUT2D eigenvalue weighted by atomic mass is 16.5. The lowest BCUT2D eigenvalue weighted by Gasteiger charge is -2.27. The molecule has 0 heterocycles. The fraction of sp³-hybridized carbons (Fsp3) is 0.917. The summed E-state index contributed by atoms with van der Waals surface area (Å²) >= 11 is 0. The van der Waals surface area contributed by atoms with Crippen molar-refractivity contribution in [2.24, 2.45) is 17.6 Å². The van der Waals surface area contributed by atoms with E-state index in [1.807, 2.05) is 13.8 Å². The molecule has 1 fully saturated rings. The van der Waals surface area contributed by atoms with Crippen LogP contribution in [0.3, 0.4) is 0 Å². The normalized spacial score (nSPS) is 28.9. The van der Waals surface area contributed by atoms with Gasteiger partial charge in [0.25, 0.3) is 0 Å². The average molecular weight is 213 g/mol. The minimum atomic E-state index is -0.468. The highest BCUT2D eigenvalue weighted by Gasteiger charge is 2.25. The van der Waals surface area contributed by atoms with E-state index < -0.39 is 6.04 Å². The predicted octanol–water partition coefficient (Wildman–Crippen LogP) is 2.09. The van der Waals surface area contributed by atoms with Gasteiger partial charge >= 0.3 is 5.97 Å². The third-order valence-corrected chi connectivity index (χ3v) is 3.24. The van der Waals surface area contributed by atoms with Crippen LogP contribution in [0.2, 0.25) is 0 Å². The summed E-state index contributed by atoms with van der Waals surface area (Å²) in [5, 5.41) is 0. The first-order chi connectivity index (χ1) is 7.00. The summed E-state index contributed by atoms with van der Waals surface area (Å²) in [4.78, 5) is 11.6. The van der Waals surface area contributed by atoms with Gasteiger partial charge in [0.2, 0.25) is 0 Å². The first kappa shape index (κ1) is 12.5. The van der Waals surface area contributed by atoms with Gasteiger partial charge in [0.15, 0.2) is 0 Å². The van der Waals surface area contributed by atoms with Crippen molar-refractivity contribution >= 4 is 5.97 Å². The lowest BCUT2D eigenvalue weighted by atomic mass is 9.89. The van der Waals surface area contributed by atoms with Gasteiger partial charge in [-0.1, -0.05) is 20.8 Å². The van der Waals surface area contributed by atoms with Crippen LogP contribution in [0.4, 0.5) is 0 Å². The first-order valence-electron chi connectivity index (χ1n) is 5.96. The zero-order valence-corrected chi connectivity index (χ0v) is 10.0. The van der Waals surface area contributed by atoms with E-state index in [1.54, 1.807) is 0 Å². The van der Waals surface area contributed by atoms with Crippen LogP contribution in [-0.4, -0.2) is 18.1 Å². The molecule has 0 aromatic rings. The van der Waals surface area contributed by atoms with E-state index in [1.165, 1.54) is 0 Å². The zero-order chi connectivity index (χ0) is 11.4. The lowest BCUT2D eigenvalue weighted by molar-refractivity contribution is -0.153. The maximum atomic E-state index is 11.6. The summed E-state index contributed by atoms with van der Waals surface area (Å²) in [5.41, 5.74) is 5.73. The average Bonchev–Trinajstić information content (AvgIpc) is 2.20. The quantitative estimate of drug-likeness (QED) is 0.730. The van der Waals surface area contributed by atoms with Crippen molar-refractivity contribution in [3.63, 3.8) is 0 Å². The molecule has 1 aliphatic rings. The summed E-state index contributed by atoms with van der Waals surface area (Å²) in [5.74, 6) is 0.697. The Labute approximate surface area is 92.4 Å². The molecule has 2 N–H and O–H groups in total. The fourth-order valence-corrected chi connectivity index (χ4v) is 1.86. The molecule has 3 heteroatoms. The van der Waals surface area contributed by atoms with Crippen molar-refractivity contribution in [1.29, 1.82) is 0 Å². The molecule has 15 heavy (non-hydrogen) atoms. The molecule has 0 unspecified atom stereocenters. The number of hydrogen-bond acceptors (Lipinski definition) is 3. The molecule has 0 aromatic carbocycles. The summed E-state index contributed by atoms with van der Waals surface area (Å²) in [6.45, 7) is 6.13. The van der Waals surface area contributed by atoms with Crippen molar-refractivity contribution < 1.29 is 9.53 Å². The Hall–Kier alpha value is -0.570. The lowest BCUT2D eigenvalue weighted by Crippen LogP contribution is -2.39. The Balaban J connectivity index is 2.32. The molecule has 1 atom stereocenters. The Bertz CT molecular complexity index is 208. The van der Waals surface area contributed by atoms with E-state index in [2.05, 4.69) is 6.92 Å². The third-order valence-electron chi connectivity index (χ3n) is 3.24. The minimum absolute atomic E-state index is 0.110. The largest absolute Gasteiger partial charge is 0.461 e. The third kappa shape index (κ3) is 3.82. The monoisotopic (exact) mass is 213 g/mol. The van der Waals surface area contributed by atoms with Crippen LogP contribution in [0.5, 0.6) is 0 Å². The molecule has 88 valence electrons. The Kier molecular flexibility index (Phi) is 4.58. The van der Waals surface area contributed by atoms with Gasteiger partial charge < -0.3 is 10.5 Å². The Morgan fingerprint density at radius 3 is 2.27 bits per heavy atom. The van der Waals surface area contributed by atoms with Gasteiger partial charge in [-0.3, -0.25) is 4.79 Å². The molecule has 0 saturated heterocycles. The van der Waals surface area contributed by atoms with Gasteiger partial charge in [0, 0.05) is 0 Å². The fourth-order valence-electron chi connectivity index (χ4n) is 1.86. The molecular formula is C12H23NO2. The number of ether oxygens (including phenoxy) is 1. The van der Waals surface area contributed by atoms with Crippen LogP contribution in [0, 0.1) is 11.8 Å². The number of esters is 1. The van der Waals surface area contributed by atoms with Crippen molar-refractivity contribution in [3.05, 3.63) is 0 Å². The molecule has 0 aromatic heterocycles. The molecule has 1 saturated carbocycles. The topological polar surface area (TPSA) is 52.3 Å². The minimum Gasteiger partial charge on any atom is -0.461 e. The summed E-state index contributed by atoms with van der Waals surface area (Å²) in [6.07, 6.45) is 4.43. The van der Waals surface area contributed by atoms with Gasteiger partial charge in [-0.05, 0) is 37.5 Å². The Morgan fingerprint density at radius 1 is 1.27 bits per heavy atom. The van der Waals surface area contributed by atoms with Crippen LogP contribution in [-0.2, 0) is 9.53 Å². The van der Waals surface area contributed by atoms with Gasteiger partial charge in [-0.25, -0.2) is 0 Å². The second-order valence-electron chi connectivity index (χ2n) is 5.09. The number of hydrogen-bond donors (Lipinski definition) is 1. The van der Waals surface area contributed by atoms with Crippen LogP contribution < -0.4 is 5.73 Å². The predicted molar refractivity (Wildman–Crippen MR) is 60.3 cm³/mol. The molecule has 0 amide bonds. The molecule has 0 aliphatic heterocycles. The van der Waals surface area contributed by atoms with Crippen molar-refractivity contribution in [2.75, 3.05) is 0 Å². The molecule has 0 bridgehead atoms. The second-order valence-corrected chi connectivity index (χ2v) is 5.09. The maximum Gasteiger partial charge on any atom is 0.323 e.